The van der Waals surface area contributed by atoms with Crippen molar-refractivity contribution in [1.29, 1.82) is 0 Å². The summed E-state index contributed by atoms with van der Waals surface area (Å²) in [4.78, 5) is 14.2. The number of nitrogens with two attached hydrogens (primary N) is 1. The van der Waals surface area contributed by atoms with E-state index in [1.54, 1.807) is 7.11 Å². The number of methoxy groups -OCH3 is 1. The molecule has 0 spiro atoms. The number of nitrogens with zero attached hydrogens (tertiary/aromatic N) is 1. The van der Waals surface area contributed by atoms with Crippen molar-refractivity contribution < 1.29 is 9.53 Å². The van der Waals surface area contributed by atoms with Crippen LogP contribution in [0.2, 0.25) is 0 Å². The summed E-state index contributed by atoms with van der Waals surface area (Å²) in [6, 6.07) is 0.458. The van der Waals surface area contributed by atoms with Crippen LogP contribution >= 0.6 is 12.4 Å². The van der Waals surface area contributed by atoms with E-state index >= 15 is 0 Å². The number of likely N-dealkylation sites (tertiary alicyclic amines) is 1. The lowest BCUT2D eigenvalue weighted by atomic mass is 9.99. The number of amides is 1. The van der Waals surface area contributed by atoms with Gasteiger partial charge in [-0.3, -0.25) is 9.69 Å². The molecule has 0 radical (unpaired) electrons. The second kappa shape index (κ2) is 9.55. The fraction of sp³-hybridized carbons (Fsp3) is 0.929. The van der Waals surface area contributed by atoms with Crippen LogP contribution in [0.25, 0.3) is 0 Å². The lowest BCUT2D eigenvalue weighted by molar-refractivity contribution is -0.124. The van der Waals surface area contributed by atoms with Crippen molar-refractivity contribution in [1.82, 2.24) is 10.2 Å². The summed E-state index contributed by atoms with van der Waals surface area (Å²) in [5.74, 6) is 0.545. The third-order valence-electron chi connectivity index (χ3n) is 4.13. The Bertz CT molecular complexity index is 290. The van der Waals surface area contributed by atoms with Crippen molar-refractivity contribution in [3.05, 3.63) is 0 Å². The van der Waals surface area contributed by atoms with Crippen LogP contribution in [0.15, 0.2) is 0 Å². The summed E-state index contributed by atoms with van der Waals surface area (Å²) < 4.78 is 5.39. The summed E-state index contributed by atoms with van der Waals surface area (Å²) in [7, 11) is 1.74. The van der Waals surface area contributed by atoms with E-state index in [9.17, 15) is 4.79 Å². The average Bonchev–Trinajstić information content (AvgIpc) is 2.38. The number of rotatable bonds is 6. The molecule has 0 aromatic carbocycles. The lowest BCUT2D eigenvalue weighted by Crippen LogP contribution is -2.52. The quantitative estimate of drug-likeness (QED) is 0.768. The van der Waals surface area contributed by atoms with Crippen molar-refractivity contribution in [3.63, 3.8) is 0 Å². The van der Waals surface area contributed by atoms with Crippen LogP contribution in [-0.2, 0) is 9.53 Å². The molecule has 1 amide bonds. The number of hydrogen-bond acceptors (Lipinski definition) is 4. The Morgan fingerprint density at radius 1 is 1.45 bits per heavy atom. The van der Waals surface area contributed by atoms with Gasteiger partial charge in [-0.1, -0.05) is 13.8 Å². The van der Waals surface area contributed by atoms with Gasteiger partial charge in [0.15, 0.2) is 0 Å². The molecule has 3 atom stereocenters. The van der Waals surface area contributed by atoms with Gasteiger partial charge in [0.2, 0.25) is 5.91 Å². The summed E-state index contributed by atoms with van der Waals surface area (Å²) >= 11 is 0. The zero-order chi connectivity index (χ0) is 14.4. The van der Waals surface area contributed by atoms with Gasteiger partial charge in [0, 0.05) is 32.3 Å². The number of hydrogen-bond donors (Lipinski definition) is 2. The van der Waals surface area contributed by atoms with Gasteiger partial charge in [0.05, 0.1) is 12.6 Å². The van der Waals surface area contributed by atoms with Gasteiger partial charge in [-0.2, -0.15) is 0 Å². The zero-order valence-electron chi connectivity index (χ0n) is 13.1. The molecule has 1 aliphatic heterocycles. The Balaban J connectivity index is 0.00000361. The molecule has 3 unspecified atom stereocenters. The van der Waals surface area contributed by atoms with E-state index in [1.807, 2.05) is 6.92 Å². The Kier molecular flexibility index (Phi) is 9.38. The summed E-state index contributed by atoms with van der Waals surface area (Å²) in [6.45, 7) is 8.15. The lowest BCUT2D eigenvalue weighted by Gasteiger charge is -2.38. The van der Waals surface area contributed by atoms with Gasteiger partial charge < -0.3 is 15.8 Å². The number of ether oxygens (including phenoxy) is 1. The predicted octanol–water partition coefficient (Wildman–Crippen LogP) is 1.01. The van der Waals surface area contributed by atoms with Crippen molar-refractivity contribution in [2.75, 3.05) is 26.7 Å². The minimum Gasteiger partial charge on any atom is -0.381 e. The molecule has 5 nitrogen and oxygen atoms in total. The Hall–Kier alpha value is -0.360. The molecule has 0 aromatic rings. The first-order valence-corrected chi connectivity index (χ1v) is 7.24. The normalized spacial score (nSPS) is 25.1. The number of halogens is 1. The first-order chi connectivity index (χ1) is 8.97. The molecular weight excluding hydrogens is 278 g/mol. The monoisotopic (exact) mass is 307 g/mol. The molecule has 0 aliphatic carbocycles. The van der Waals surface area contributed by atoms with Crippen LogP contribution < -0.4 is 11.1 Å². The van der Waals surface area contributed by atoms with Crippen molar-refractivity contribution in [2.24, 2.45) is 11.7 Å². The molecule has 0 bridgehead atoms. The van der Waals surface area contributed by atoms with Gasteiger partial charge in [-0.05, 0) is 25.7 Å². The molecule has 3 N–H and O–H groups in total. The van der Waals surface area contributed by atoms with E-state index in [-0.39, 0.29) is 36.5 Å². The molecule has 1 fully saturated rings. The second-order valence-electron chi connectivity index (χ2n) is 5.84. The second-order valence-corrected chi connectivity index (χ2v) is 5.84. The third kappa shape index (κ3) is 5.95. The first kappa shape index (κ1) is 19.6. The third-order valence-corrected chi connectivity index (χ3v) is 4.13. The fourth-order valence-electron chi connectivity index (χ4n) is 2.38. The van der Waals surface area contributed by atoms with E-state index in [2.05, 4.69) is 24.1 Å². The molecule has 1 saturated heterocycles. The van der Waals surface area contributed by atoms with E-state index in [0.717, 1.165) is 19.4 Å². The van der Waals surface area contributed by atoms with Gasteiger partial charge in [-0.25, -0.2) is 0 Å². The molecule has 20 heavy (non-hydrogen) atoms. The number of nitrogens with one attached hydrogen (secondary N) is 1. The summed E-state index contributed by atoms with van der Waals surface area (Å²) in [6.07, 6.45) is 2.17. The van der Waals surface area contributed by atoms with Gasteiger partial charge in [-0.15, -0.1) is 12.4 Å². The molecule has 6 heteroatoms. The van der Waals surface area contributed by atoms with E-state index in [0.29, 0.717) is 19.0 Å². The number of carbonyl (C=O) groups excluding carboxylic acids is 1. The largest absolute Gasteiger partial charge is 0.381 e. The highest BCUT2D eigenvalue weighted by Crippen LogP contribution is 2.18. The molecule has 1 aliphatic rings. The number of carbonyl (C=O) groups is 1. The first-order valence-electron chi connectivity index (χ1n) is 7.24. The average molecular weight is 308 g/mol. The smallest absolute Gasteiger partial charge is 0.234 e. The molecule has 0 aromatic heterocycles. The van der Waals surface area contributed by atoms with Crippen molar-refractivity contribution in [2.45, 2.75) is 51.8 Å². The highest BCUT2D eigenvalue weighted by atomic mass is 35.5. The minimum absolute atomic E-state index is 0. The fourth-order valence-corrected chi connectivity index (χ4v) is 2.38. The molecule has 1 heterocycles. The summed E-state index contributed by atoms with van der Waals surface area (Å²) in [5.41, 5.74) is 5.81. The van der Waals surface area contributed by atoms with E-state index in [4.69, 9.17) is 10.5 Å². The standard InChI is InChI=1S/C14H29N3O2.ClH/c1-10(2)11(3)16-14(18)9-17-6-5-13(19-4)7-12(17)8-15;/h10-13H,5-9,15H2,1-4H3,(H,16,18);1H. The number of piperidine rings is 1. The van der Waals surface area contributed by atoms with Crippen LogP contribution in [-0.4, -0.2) is 55.7 Å². The van der Waals surface area contributed by atoms with Gasteiger partial charge in [0.1, 0.15) is 0 Å². The zero-order valence-corrected chi connectivity index (χ0v) is 13.9. The highest BCUT2D eigenvalue weighted by Gasteiger charge is 2.28. The Morgan fingerprint density at radius 2 is 2.10 bits per heavy atom. The topological polar surface area (TPSA) is 67.6 Å². The molecule has 120 valence electrons. The molecule has 1 rings (SSSR count). The highest BCUT2D eigenvalue weighted by molar-refractivity contribution is 5.85. The van der Waals surface area contributed by atoms with Gasteiger partial charge in [0.25, 0.3) is 0 Å². The van der Waals surface area contributed by atoms with Gasteiger partial charge >= 0.3 is 0 Å². The predicted molar refractivity (Wildman–Crippen MR) is 84.1 cm³/mol. The SMILES string of the molecule is COC1CCN(CC(=O)NC(C)C(C)C)C(CN)C1.Cl. The Labute approximate surface area is 129 Å². The maximum absolute atomic E-state index is 12.0. The molecule has 0 saturated carbocycles. The molecular formula is C14H30ClN3O2. The van der Waals surface area contributed by atoms with Crippen LogP contribution in [0.3, 0.4) is 0 Å². The van der Waals surface area contributed by atoms with Crippen LogP contribution in [0.4, 0.5) is 0 Å². The maximum atomic E-state index is 12.0. The summed E-state index contributed by atoms with van der Waals surface area (Å²) in [5, 5.41) is 3.04. The van der Waals surface area contributed by atoms with Crippen LogP contribution in [0, 0.1) is 5.92 Å². The van der Waals surface area contributed by atoms with Crippen LogP contribution in [0.5, 0.6) is 0 Å². The van der Waals surface area contributed by atoms with E-state index in [1.165, 1.54) is 0 Å². The van der Waals surface area contributed by atoms with Crippen molar-refractivity contribution in [3.8, 4) is 0 Å². The maximum Gasteiger partial charge on any atom is 0.234 e. The van der Waals surface area contributed by atoms with E-state index < -0.39 is 0 Å². The Morgan fingerprint density at radius 3 is 2.60 bits per heavy atom. The minimum atomic E-state index is 0. The van der Waals surface area contributed by atoms with Crippen molar-refractivity contribution >= 4 is 18.3 Å². The van der Waals surface area contributed by atoms with Crippen LogP contribution in [0.1, 0.15) is 33.6 Å².